The van der Waals surface area contributed by atoms with Crippen LogP contribution in [0.25, 0.3) is 21.8 Å². The third-order valence-electron chi connectivity index (χ3n) is 4.81. The van der Waals surface area contributed by atoms with Gasteiger partial charge in [-0.25, -0.2) is 8.78 Å². The summed E-state index contributed by atoms with van der Waals surface area (Å²) in [6, 6.07) is 13.1. The fourth-order valence-electron chi connectivity index (χ4n) is 3.43. The smallest absolute Gasteiger partial charge is 0.125 e. The molecular weight excluding hydrogens is 358 g/mol. The number of anilines is 2. The summed E-state index contributed by atoms with van der Waals surface area (Å²) in [6.07, 6.45) is 3.38. The first kappa shape index (κ1) is 18.1. The zero-order valence-electron chi connectivity index (χ0n) is 15.5. The Morgan fingerprint density at radius 1 is 0.857 bits per heavy atom. The van der Waals surface area contributed by atoms with Crippen LogP contribution in [0.4, 0.5) is 20.2 Å². The molecule has 4 rings (SSSR count). The highest BCUT2D eigenvalue weighted by atomic mass is 19.1. The number of hydrogen-bond acceptors (Lipinski definition) is 4. The molecule has 0 spiro atoms. The van der Waals surface area contributed by atoms with Gasteiger partial charge in [0.2, 0.25) is 0 Å². The van der Waals surface area contributed by atoms with Crippen molar-refractivity contribution in [3.63, 3.8) is 0 Å². The van der Waals surface area contributed by atoms with Gasteiger partial charge in [0, 0.05) is 66.3 Å². The van der Waals surface area contributed by atoms with Gasteiger partial charge in [-0.15, -0.1) is 0 Å². The Morgan fingerprint density at radius 3 is 2.21 bits per heavy atom. The molecule has 0 fully saturated rings. The van der Waals surface area contributed by atoms with Crippen molar-refractivity contribution in [2.24, 2.45) is 0 Å². The third kappa shape index (κ3) is 3.58. The van der Waals surface area contributed by atoms with E-state index in [1.165, 1.54) is 24.3 Å². The molecule has 0 atom stereocenters. The molecule has 0 saturated heterocycles. The minimum absolute atomic E-state index is 0.289. The first-order chi connectivity index (χ1) is 13.7. The summed E-state index contributed by atoms with van der Waals surface area (Å²) >= 11 is 0. The maximum Gasteiger partial charge on any atom is 0.125 e. The Bertz CT molecular complexity index is 1130. The Kier molecular flexibility index (Phi) is 5.02. The summed E-state index contributed by atoms with van der Waals surface area (Å²) < 4.78 is 26.9. The number of nitrogens with zero attached hydrogens (tertiary/aromatic N) is 3. The number of aromatic nitrogens is 2. The molecule has 2 aromatic heterocycles. The second-order valence-corrected chi connectivity index (χ2v) is 6.52. The number of hydrogen-bond donors (Lipinski definition) is 1. The van der Waals surface area contributed by atoms with E-state index in [4.69, 9.17) is 0 Å². The first-order valence-corrected chi connectivity index (χ1v) is 9.23. The molecule has 142 valence electrons. The second-order valence-electron chi connectivity index (χ2n) is 6.52. The monoisotopic (exact) mass is 378 g/mol. The lowest BCUT2D eigenvalue weighted by molar-refractivity contribution is 0.629. The Hall–Kier alpha value is -3.28. The van der Waals surface area contributed by atoms with E-state index >= 15 is 0 Å². The lowest BCUT2D eigenvalue weighted by Crippen LogP contribution is -2.29. The maximum absolute atomic E-state index is 13.5. The average molecular weight is 378 g/mol. The van der Waals surface area contributed by atoms with Crippen LogP contribution < -0.4 is 10.2 Å². The maximum atomic E-state index is 13.5. The zero-order valence-corrected chi connectivity index (χ0v) is 15.5. The quantitative estimate of drug-likeness (QED) is 0.513. The largest absolute Gasteiger partial charge is 0.383 e. The van der Waals surface area contributed by atoms with E-state index in [9.17, 15) is 8.78 Å². The molecule has 0 aliphatic heterocycles. The number of halogens is 2. The van der Waals surface area contributed by atoms with E-state index in [-0.39, 0.29) is 11.6 Å². The molecule has 0 bridgehead atoms. The van der Waals surface area contributed by atoms with Crippen molar-refractivity contribution >= 4 is 33.2 Å². The number of pyridine rings is 2. The van der Waals surface area contributed by atoms with Gasteiger partial charge < -0.3 is 10.2 Å². The van der Waals surface area contributed by atoms with Gasteiger partial charge in [-0.2, -0.15) is 0 Å². The number of nitrogens with one attached hydrogen (secondary N) is 1. The second kappa shape index (κ2) is 7.76. The van der Waals surface area contributed by atoms with Gasteiger partial charge in [0.1, 0.15) is 11.6 Å². The minimum Gasteiger partial charge on any atom is -0.383 e. The molecule has 4 nitrogen and oxygen atoms in total. The van der Waals surface area contributed by atoms with E-state index < -0.39 is 0 Å². The lowest BCUT2D eigenvalue weighted by Gasteiger charge is -2.25. The molecule has 0 aliphatic rings. The first-order valence-electron chi connectivity index (χ1n) is 9.23. The fourth-order valence-corrected chi connectivity index (χ4v) is 3.43. The van der Waals surface area contributed by atoms with Crippen molar-refractivity contribution in [2.45, 2.75) is 6.92 Å². The van der Waals surface area contributed by atoms with Crippen molar-refractivity contribution in [3.05, 3.63) is 72.6 Å². The van der Waals surface area contributed by atoms with Crippen LogP contribution >= 0.6 is 0 Å². The molecule has 0 saturated carbocycles. The van der Waals surface area contributed by atoms with Crippen LogP contribution in [0.5, 0.6) is 0 Å². The fraction of sp³-hybridized carbons (Fsp3) is 0.182. The highest BCUT2D eigenvalue weighted by Crippen LogP contribution is 2.26. The molecule has 0 radical (unpaired) electrons. The number of rotatable bonds is 6. The lowest BCUT2D eigenvalue weighted by atomic mass is 10.1. The van der Waals surface area contributed by atoms with Crippen molar-refractivity contribution in [1.82, 2.24) is 9.97 Å². The summed E-state index contributed by atoms with van der Waals surface area (Å²) in [6.45, 7) is 4.33. The van der Waals surface area contributed by atoms with Crippen molar-refractivity contribution < 1.29 is 8.78 Å². The van der Waals surface area contributed by atoms with Gasteiger partial charge in [0.05, 0.1) is 11.0 Å². The van der Waals surface area contributed by atoms with E-state index in [0.717, 1.165) is 35.2 Å². The molecule has 28 heavy (non-hydrogen) atoms. The molecule has 6 heteroatoms. The molecule has 0 aliphatic carbocycles. The van der Waals surface area contributed by atoms with E-state index in [0.29, 0.717) is 17.6 Å². The van der Waals surface area contributed by atoms with Gasteiger partial charge in [-0.05, 0) is 43.3 Å². The van der Waals surface area contributed by atoms with Gasteiger partial charge in [-0.3, -0.25) is 9.97 Å². The number of benzene rings is 2. The summed E-state index contributed by atoms with van der Waals surface area (Å²) in [4.78, 5) is 10.7. The summed E-state index contributed by atoms with van der Waals surface area (Å²) in [7, 11) is 0. The van der Waals surface area contributed by atoms with Crippen LogP contribution in [0.2, 0.25) is 0 Å². The van der Waals surface area contributed by atoms with Crippen molar-refractivity contribution in [1.29, 1.82) is 0 Å². The van der Waals surface area contributed by atoms with Gasteiger partial charge in [0.15, 0.2) is 0 Å². The average Bonchev–Trinajstić information content (AvgIpc) is 2.70. The van der Waals surface area contributed by atoms with Gasteiger partial charge in [0.25, 0.3) is 0 Å². The normalized spacial score (nSPS) is 11.1. The van der Waals surface area contributed by atoms with Crippen LogP contribution in [0.3, 0.4) is 0 Å². The van der Waals surface area contributed by atoms with Crippen LogP contribution in [0, 0.1) is 11.6 Å². The third-order valence-corrected chi connectivity index (χ3v) is 4.81. The van der Waals surface area contributed by atoms with E-state index in [1.54, 1.807) is 24.5 Å². The summed E-state index contributed by atoms with van der Waals surface area (Å²) in [5, 5.41) is 5.23. The SMILES string of the molecule is CCN(CCNc1ccnc2cc(F)ccc12)c1ccnc2cc(F)ccc12. The summed E-state index contributed by atoms with van der Waals surface area (Å²) in [5.41, 5.74) is 3.21. The highest BCUT2D eigenvalue weighted by molar-refractivity contribution is 5.92. The molecule has 2 heterocycles. The minimum atomic E-state index is -0.296. The Balaban J connectivity index is 1.53. The predicted octanol–water partition coefficient (Wildman–Crippen LogP) is 5.00. The van der Waals surface area contributed by atoms with Crippen molar-refractivity contribution in [2.75, 3.05) is 29.9 Å². The predicted molar refractivity (Wildman–Crippen MR) is 110 cm³/mol. The number of fused-ring (bicyclic) bond motifs is 2. The zero-order chi connectivity index (χ0) is 19.5. The molecule has 2 aromatic carbocycles. The van der Waals surface area contributed by atoms with Crippen LogP contribution in [0.1, 0.15) is 6.92 Å². The van der Waals surface area contributed by atoms with Crippen LogP contribution in [-0.2, 0) is 0 Å². The van der Waals surface area contributed by atoms with Crippen molar-refractivity contribution in [3.8, 4) is 0 Å². The Labute approximate surface area is 161 Å². The number of likely N-dealkylation sites (N-methyl/N-ethyl adjacent to an activating group) is 1. The topological polar surface area (TPSA) is 41.0 Å². The van der Waals surface area contributed by atoms with Gasteiger partial charge >= 0.3 is 0 Å². The molecule has 0 unspecified atom stereocenters. The van der Waals surface area contributed by atoms with Crippen LogP contribution in [-0.4, -0.2) is 29.6 Å². The molecule has 1 N–H and O–H groups in total. The standard InChI is InChI=1S/C22H20F2N4/c1-2-28(22-8-10-26-21-14-16(24)4-6-18(21)22)12-11-27-19-7-9-25-20-13-15(23)3-5-17(19)20/h3-10,13-14H,2,11-12H2,1H3,(H,25,27). The Morgan fingerprint density at radius 2 is 1.50 bits per heavy atom. The van der Waals surface area contributed by atoms with Gasteiger partial charge in [-0.1, -0.05) is 0 Å². The molecule has 4 aromatic rings. The summed E-state index contributed by atoms with van der Waals surface area (Å²) in [5.74, 6) is -0.585. The highest BCUT2D eigenvalue weighted by Gasteiger charge is 2.10. The van der Waals surface area contributed by atoms with E-state index in [2.05, 4.69) is 27.1 Å². The molecular formula is C22H20F2N4. The van der Waals surface area contributed by atoms with Crippen LogP contribution in [0.15, 0.2) is 60.9 Å². The molecule has 0 amide bonds. The van der Waals surface area contributed by atoms with E-state index in [1.807, 2.05) is 12.1 Å².